The van der Waals surface area contributed by atoms with Crippen LogP contribution in [0.4, 0.5) is 0 Å². The van der Waals surface area contributed by atoms with Gasteiger partial charge in [0.2, 0.25) is 17.1 Å². The van der Waals surface area contributed by atoms with Gasteiger partial charge in [-0.25, -0.2) is 4.79 Å². The van der Waals surface area contributed by atoms with Crippen LogP contribution >= 0.6 is 0 Å². The van der Waals surface area contributed by atoms with Crippen molar-refractivity contribution in [2.45, 2.75) is 121 Å². The van der Waals surface area contributed by atoms with Crippen LogP contribution in [0.25, 0.3) is 11.1 Å². The third kappa shape index (κ3) is 12.7. The van der Waals surface area contributed by atoms with E-state index in [9.17, 15) is 24.3 Å². The third-order valence-corrected chi connectivity index (χ3v) is 10.4. The fraction of sp³-hybridized carbons (Fsp3) is 0.581. The van der Waals surface area contributed by atoms with Gasteiger partial charge < -0.3 is 43.6 Å². The molecule has 0 radical (unpaired) electrons. The molecule has 0 spiro atoms. The van der Waals surface area contributed by atoms with Crippen molar-refractivity contribution in [3.05, 3.63) is 57.8 Å². The Morgan fingerprint density at radius 1 is 0.857 bits per heavy atom. The predicted octanol–water partition coefficient (Wildman–Crippen LogP) is 6.32. The molecule has 1 aliphatic heterocycles. The van der Waals surface area contributed by atoms with Gasteiger partial charge >= 0.3 is 11.9 Å². The third-order valence-electron chi connectivity index (χ3n) is 10.4. The largest absolute Gasteiger partial charge is 0.493 e. The summed E-state index contributed by atoms with van der Waals surface area (Å²) in [6.45, 7) is 0.0620. The maximum absolute atomic E-state index is 13.3. The summed E-state index contributed by atoms with van der Waals surface area (Å²) < 4.78 is 38.5. The van der Waals surface area contributed by atoms with Crippen LogP contribution in [-0.2, 0) is 35.0 Å². The van der Waals surface area contributed by atoms with E-state index in [4.69, 9.17) is 33.2 Å². The molecule has 0 bridgehead atoms. The van der Waals surface area contributed by atoms with E-state index in [-0.39, 0.29) is 42.2 Å². The maximum Gasteiger partial charge on any atom is 0.330 e. The van der Waals surface area contributed by atoms with E-state index in [2.05, 4.69) is 5.32 Å². The molecule has 0 aromatic heterocycles. The maximum atomic E-state index is 13.3. The number of benzene rings is 1. The van der Waals surface area contributed by atoms with Crippen molar-refractivity contribution in [3.8, 4) is 34.1 Å². The summed E-state index contributed by atoms with van der Waals surface area (Å²) in [7, 11) is 7.67. The van der Waals surface area contributed by atoms with Crippen LogP contribution < -0.4 is 29.7 Å². The Kier molecular flexibility index (Phi) is 18.0. The Labute approximate surface area is 330 Å². The molecule has 4 rings (SSSR count). The Morgan fingerprint density at radius 2 is 1.54 bits per heavy atom. The molecule has 4 atom stereocenters. The van der Waals surface area contributed by atoms with Crippen molar-refractivity contribution in [3.63, 3.8) is 0 Å². The van der Waals surface area contributed by atoms with E-state index in [1.807, 2.05) is 12.1 Å². The minimum atomic E-state index is -0.742. The minimum absolute atomic E-state index is 0.0620. The van der Waals surface area contributed by atoms with Crippen molar-refractivity contribution in [2.24, 2.45) is 0 Å². The van der Waals surface area contributed by atoms with Crippen molar-refractivity contribution >= 4 is 17.8 Å². The molecular weight excluding hydrogens is 722 g/mol. The van der Waals surface area contributed by atoms with Gasteiger partial charge in [-0.05, 0) is 60.6 Å². The highest BCUT2D eigenvalue weighted by molar-refractivity contribution is 5.84. The lowest BCUT2D eigenvalue weighted by Crippen LogP contribution is -2.30. The normalized spacial score (nSPS) is 17.0. The summed E-state index contributed by atoms with van der Waals surface area (Å²) in [5, 5.41) is 13.6. The second-order valence-corrected chi connectivity index (χ2v) is 14.3. The quantitative estimate of drug-likeness (QED) is 0.0954. The number of aryl methyl sites for hydroxylation is 1. The van der Waals surface area contributed by atoms with E-state index < -0.39 is 24.2 Å². The molecule has 2 aromatic carbocycles. The number of methoxy groups -OCH3 is 5. The van der Waals surface area contributed by atoms with Gasteiger partial charge in [0.15, 0.2) is 17.2 Å². The summed E-state index contributed by atoms with van der Waals surface area (Å²) >= 11 is 0. The fourth-order valence-electron chi connectivity index (χ4n) is 7.40. The molecule has 0 saturated heterocycles. The molecule has 13 heteroatoms. The minimum Gasteiger partial charge on any atom is -0.493 e. The first-order chi connectivity index (χ1) is 27.1. The van der Waals surface area contributed by atoms with Gasteiger partial charge in [-0.15, -0.1) is 0 Å². The standard InChI is InChI=1S/C43H59NO12/c1-50-31(25-29(45)24-30-15-14-18-40(49)56-30)27-55-39(48)17-13-11-9-7-6-8-10-12-16-38(47)44-34-21-19-28-23-37(52-3)42(53-4)43(54-5)41(28)32-20-22-36(51-2)35(46)26-33(32)34/h14,18,20,22-23,26,29-31,34,45H,6-13,15-17,19,21,24-25,27H2,1-5H3,(H,44,47)/t29-,30+,31+,34+/m1/s1. The van der Waals surface area contributed by atoms with Gasteiger partial charge in [0.25, 0.3) is 0 Å². The average molecular weight is 782 g/mol. The fourth-order valence-corrected chi connectivity index (χ4v) is 7.40. The van der Waals surface area contributed by atoms with Crippen molar-refractivity contribution in [1.82, 2.24) is 5.32 Å². The molecule has 56 heavy (non-hydrogen) atoms. The van der Waals surface area contributed by atoms with Crippen LogP contribution in [0.5, 0.6) is 23.0 Å². The zero-order valence-electron chi connectivity index (χ0n) is 33.5. The summed E-state index contributed by atoms with van der Waals surface area (Å²) in [6, 6.07) is 6.56. The van der Waals surface area contributed by atoms with Gasteiger partial charge in [0.05, 0.1) is 46.7 Å². The van der Waals surface area contributed by atoms with E-state index in [0.717, 1.165) is 68.1 Å². The lowest BCUT2D eigenvalue weighted by Gasteiger charge is -2.24. The molecule has 0 unspecified atom stereocenters. The first kappa shape index (κ1) is 44.1. The SMILES string of the molecule is COc1cc2c(c(OC)c1OC)-c1ccc(OC)c(=O)cc1[C@@H](NC(=O)CCCCCCCCCCC(=O)OC[C@H](C[C@H](O)C[C@@H]1CC=CC(=O)O1)OC)CC2. The van der Waals surface area contributed by atoms with Crippen molar-refractivity contribution < 1.29 is 52.6 Å². The number of cyclic esters (lactones) is 1. The van der Waals surface area contributed by atoms with E-state index in [1.165, 1.54) is 20.3 Å². The number of fused-ring (bicyclic) bond motifs is 3. The summed E-state index contributed by atoms with van der Waals surface area (Å²) in [6.07, 6.45) is 12.1. The molecule has 13 nitrogen and oxygen atoms in total. The molecule has 308 valence electrons. The second-order valence-electron chi connectivity index (χ2n) is 14.3. The molecule has 2 aromatic rings. The number of carbonyl (C=O) groups excluding carboxylic acids is 3. The van der Waals surface area contributed by atoms with Gasteiger partial charge in [-0.2, -0.15) is 0 Å². The molecule has 1 amide bonds. The summed E-state index contributed by atoms with van der Waals surface area (Å²) in [5.74, 6) is 0.932. The summed E-state index contributed by atoms with van der Waals surface area (Å²) in [4.78, 5) is 50.1. The predicted molar refractivity (Wildman–Crippen MR) is 210 cm³/mol. The number of aliphatic hydroxyl groups excluding tert-OH is 1. The monoisotopic (exact) mass is 781 g/mol. The van der Waals surface area contributed by atoms with Crippen LogP contribution in [0.3, 0.4) is 0 Å². The Bertz CT molecular complexity index is 1710. The number of amides is 1. The molecule has 2 aliphatic rings. The van der Waals surface area contributed by atoms with Crippen LogP contribution in [-0.4, -0.2) is 83.4 Å². The lowest BCUT2D eigenvalue weighted by atomic mass is 9.95. The number of hydrogen-bond acceptors (Lipinski definition) is 12. The number of hydrogen-bond donors (Lipinski definition) is 2. The molecule has 0 fully saturated rings. The van der Waals surface area contributed by atoms with Crippen LogP contribution in [0.1, 0.15) is 107 Å². The Hall–Kier alpha value is -4.62. The number of rotatable bonds is 23. The molecular formula is C43H59NO12. The molecule has 1 heterocycles. The lowest BCUT2D eigenvalue weighted by molar-refractivity contribution is -0.149. The smallest absolute Gasteiger partial charge is 0.330 e. The van der Waals surface area contributed by atoms with Crippen LogP contribution in [0, 0.1) is 0 Å². The number of unbranched alkanes of at least 4 members (excludes halogenated alkanes) is 7. The van der Waals surface area contributed by atoms with Gasteiger partial charge in [-0.3, -0.25) is 14.4 Å². The zero-order valence-corrected chi connectivity index (χ0v) is 33.5. The number of esters is 2. The first-order valence-corrected chi connectivity index (χ1v) is 19.7. The average Bonchev–Trinajstić information content (AvgIpc) is 3.43. The first-order valence-electron chi connectivity index (χ1n) is 19.7. The van der Waals surface area contributed by atoms with Crippen LogP contribution in [0.2, 0.25) is 0 Å². The Balaban J connectivity index is 1.15. The molecule has 2 N–H and O–H groups in total. The van der Waals surface area contributed by atoms with Gasteiger partial charge in [0, 0.05) is 50.9 Å². The van der Waals surface area contributed by atoms with E-state index in [1.54, 1.807) is 39.5 Å². The summed E-state index contributed by atoms with van der Waals surface area (Å²) in [5.41, 5.74) is 2.92. The highest BCUT2D eigenvalue weighted by atomic mass is 16.6. The number of carbonyl (C=O) groups is 3. The zero-order chi connectivity index (χ0) is 40.5. The highest BCUT2D eigenvalue weighted by Crippen LogP contribution is 2.50. The van der Waals surface area contributed by atoms with Crippen molar-refractivity contribution in [2.75, 3.05) is 42.2 Å². The second kappa shape index (κ2) is 22.8. The van der Waals surface area contributed by atoms with Gasteiger partial charge in [0.1, 0.15) is 12.7 Å². The highest BCUT2D eigenvalue weighted by Gasteiger charge is 2.30. The van der Waals surface area contributed by atoms with Crippen molar-refractivity contribution in [1.29, 1.82) is 0 Å². The van der Waals surface area contributed by atoms with E-state index >= 15 is 0 Å². The number of aliphatic hydroxyl groups is 1. The number of nitrogens with one attached hydrogen (secondary N) is 1. The van der Waals surface area contributed by atoms with E-state index in [0.29, 0.717) is 61.3 Å². The topological polar surface area (TPSA) is 165 Å². The molecule has 1 aliphatic carbocycles. The van der Waals surface area contributed by atoms with Crippen LogP contribution in [0.15, 0.2) is 41.2 Å². The number of ether oxygens (including phenoxy) is 7. The molecule has 0 saturated carbocycles. The Morgan fingerprint density at radius 3 is 2.18 bits per heavy atom. The van der Waals surface area contributed by atoms with Gasteiger partial charge in [-0.1, -0.05) is 50.7 Å².